The molecule has 3 aliphatic heterocycles. The lowest BCUT2D eigenvalue weighted by atomic mass is 9.74. The van der Waals surface area contributed by atoms with Crippen molar-refractivity contribution < 1.29 is 26.4 Å². The Balaban J connectivity index is 1.42. The topological polar surface area (TPSA) is 73.0 Å². The molecule has 4 unspecified atom stereocenters. The summed E-state index contributed by atoms with van der Waals surface area (Å²) in [5.41, 5.74) is 2.63. The Hall–Kier alpha value is -0.910. The monoisotopic (exact) mass is 522 g/mol. The van der Waals surface area contributed by atoms with Gasteiger partial charge in [-0.2, -0.15) is 13.2 Å². The van der Waals surface area contributed by atoms with Gasteiger partial charge in [0.25, 0.3) is 0 Å². The number of fused-ring (bicyclic) bond motifs is 1. The van der Waals surface area contributed by atoms with Crippen LogP contribution in [0.1, 0.15) is 71.6 Å². The molecule has 3 saturated heterocycles. The number of carbonyl (C=O) groups excluding carboxylic acids is 1. The summed E-state index contributed by atoms with van der Waals surface area (Å²) >= 11 is 0. The van der Waals surface area contributed by atoms with E-state index in [9.17, 15) is 26.4 Å². The number of nitrogens with zero attached hydrogens (tertiary/aromatic N) is 3. The van der Waals surface area contributed by atoms with Gasteiger partial charge in [0.05, 0.1) is 11.2 Å². The largest absolute Gasteiger partial charge is 0.406 e. The molecule has 4 fully saturated rings. The van der Waals surface area contributed by atoms with Crippen molar-refractivity contribution in [2.75, 3.05) is 32.7 Å². The molecule has 0 aromatic rings. The molecule has 1 saturated carbocycles. The molecule has 7 nitrogen and oxygen atoms in total. The van der Waals surface area contributed by atoms with Crippen LogP contribution in [-0.4, -0.2) is 84.8 Å². The van der Waals surface area contributed by atoms with Gasteiger partial charge in [0.2, 0.25) is 15.9 Å². The number of hydrogen-bond donors (Lipinski definition) is 1. The Labute approximate surface area is 207 Å². The summed E-state index contributed by atoms with van der Waals surface area (Å²) in [6.07, 6.45) is 2.84. The van der Waals surface area contributed by atoms with Crippen molar-refractivity contribution in [3.63, 3.8) is 0 Å². The predicted octanol–water partition coefficient (Wildman–Crippen LogP) is 3.38. The molecule has 1 amide bonds. The minimum atomic E-state index is -4.50. The molecule has 0 aromatic heterocycles. The van der Waals surface area contributed by atoms with E-state index in [4.69, 9.17) is 0 Å². The highest BCUT2D eigenvalue weighted by molar-refractivity contribution is 7.89. The summed E-state index contributed by atoms with van der Waals surface area (Å²) in [7, 11) is -3.27. The molecule has 35 heavy (non-hydrogen) atoms. The van der Waals surface area contributed by atoms with E-state index in [-0.39, 0.29) is 17.1 Å². The fraction of sp³-hybridized carbons (Fsp3) is 0.958. The number of piperidine rings is 2. The van der Waals surface area contributed by atoms with Crippen molar-refractivity contribution in [2.24, 2.45) is 17.8 Å². The summed E-state index contributed by atoms with van der Waals surface area (Å²) in [5, 5.41) is 1.40. The summed E-state index contributed by atoms with van der Waals surface area (Å²) in [4.78, 5) is 14.7. The van der Waals surface area contributed by atoms with Gasteiger partial charge >= 0.3 is 6.18 Å². The third-order valence-corrected chi connectivity index (χ3v) is 11.4. The molecule has 4 rings (SSSR count). The van der Waals surface area contributed by atoms with Crippen molar-refractivity contribution in [1.82, 2.24) is 19.6 Å². The molecule has 1 N–H and O–H groups in total. The first-order valence-corrected chi connectivity index (χ1v) is 15.0. The second kappa shape index (κ2) is 10.8. The van der Waals surface area contributed by atoms with E-state index in [1.807, 2.05) is 0 Å². The molecule has 3 heterocycles. The first-order chi connectivity index (χ1) is 16.6. The molecule has 202 valence electrons. The number of hydrazine groups is 1. The Bertz CT molecular complexity index is 837. The molecule has 11 heteroatoms. The van der Waals surface area contributed by atoms with Gasteiger partial charge < -0.3 is 4.90 Å². The highest BCUT2D eigenvalue weighted by atomic mass is 32.2. The number of halogens is 3. The molecule has 4 aliphatic rings. The number of amides is 1. The van der Waals surface area contributed by atoms with Crippen LogP contribution in [0.2, 0.25) is 0 Å². The molecule has 4 atom stereocenters. The van der Waals surface area contributed by atoms with Gasteiger partial charge in [-0.05, 0) is 64.2 Å². The molecule has 0 radical (unpaired) electrons. The van der Waals surface area contributed by atoms with Crippen molar-refractivity contribution in [2.45, 2.75) is 95.1 Å². The minimum absolute atomic E-state index is 0.205. The standard InChI is InChI=1S/C24H41F3N4O3S/c1-3-29(4-2)23(32)21-20-16-18(12-15-31(20)28-22(21)24(25,26)27)17-10-13-30(14-11-17)35(33,34)19-8-6-5-7-9-19/h17-22,28H,3-16H2,1-2H3. The van der Waals surface area contributed by atoms with Gasteiger partial charge in [-0.3, -0.25) is 4.79 Å². The summed E-state index contributed by atoms with van der Waals surface area (Å²) < 4.78 is 69.6. The number of sulfonamides is 1. The van der Waals surface area contributed by atoms with Gasteiger partial charge in [-0.1, -0.05) is 19.3 Å². The summed E-state index contributed by atoms with van der Waals surface area (Å²) in [5.74, 6) is -1.09. The highest BCUT2D eigenvalue weighted by Gasteiger charge is 2.59. The maximum atomic E-state index is 13.9. The van der Waals surface area contributed by atoms with E-state index < -0.39 is 40.1 Å². The van der Waals surface area contributed by atoms with Gasteiger partial charge in [0, 0.05) is 38.8 Å². The van der Waals surface area contributed by atoms with E-state index in [1.54, 1.807) is 23.2 Å². The van der Waals surface area contributed by atoms with Crippen LogP contribution in [0, 0.1) is 17.8 Å². The molecular formula is C24H41F3N4O3S. The average molecular weight is 523 g/mol. The first kappa shape index (κ1) is 27.1. The Morgan fingerprint density at radius 1 is 0.943 bits per heavy atom. The smallest absolute Gasteiger partial charge is 0.343 e. The fourth-order valence-electron chi connectivity index (χ4n) is 6.94. The van der Waals surface area contributed by atoms with Crippen LogP contribution in [0.5, 0.6) is 0 Å². The lowest BCUT2D eigenvalue weighted by Gasteiger charge is -2.43. The number of carbonyl (C=O) groups is 1. The van der Waals surface area contributed by atoms with Crippen molar-refractivity contribution in [3.8, 4) is 0 Å². The van der Waals surface area contributed by atoms with E-state index >= 15 is 0 Å². The van der Waals surface area contributed by atoms with Crippen LogP contribution >= 0.6 is 0 Å². The van der Waals surface area contributed by atoms with Crippen LogP contribution in [0.25, 0.3) is 0 Å². The number of alkyl halides is 3. The van der Waals surface area contributed by atoms with Crippen molar-refractivity contribution >= 4 is 15.9 Å². The third-order valence-electron chi connectivity index (χ3n) is 8.98. The zero-order valence-electron chi connectivity index (χ0n) is 21.0. The Kier molecular flexibility index (Phi) is 8.40. The average Bonchev–Trinajstić information content (AvgIpc) is 3.25. The van der Waals surface area contributed by atoms with Crippen LogP contribution < -0.4 is 5.43 Å². The SMILES string of the molecule is CCN(CC)C(=O)C1C2CC(C3CCN(S(=O)(=O)C4CCCCC4)CC3)CCN2NC1C(F)(F)F. The summed E-state index contributed by atoms with van der Waals surface area (Å²) in [6.45, 7) is 5.84. The van der Waals surface area contributed by atoms with Crippen LogP contribution in [0.15, 0.2) is 0 Å². The number of hydrogen-bond acceptors (Lipinski definition) is 5. The maximum Gasteiger partial charge on any atom is 0.406 e. The van der Waals surface area contributed by atoms with Gasteiger partial charge in [0.1, 0.15) is 6.04 Å². The second-order valence-electron chi connectivity index (χ2n) is 10.8. The predicted molar refractivity (Wildman–Crippen MR) is 128 cm³/mol. The van der Waals surface area contributed by atoms with E-state index in [1.165, 1.54) is 4.90 Å². The normalized spacial score (nSPS) is 32.5. The molecule has 0 aromatic carbocycles. The molecular weight excluding hydrogens is 481 g/mol. The summed E-state index contributed by atoms with van der Waals surface area (Å²) in [6, 6.07) is -2.35. The lowest BCUT2D eigenvalue weighted by Crippen LogP contribution is -2.50. The van der Waals surface area contributed by atoms with Crippen molar-refractivity contribution in [3.05, 3.63) is 0 Å². The zero-order valence-corrected chi connectivity index (χ0v) is 21.8. The first-order valence-electron chi connectivity index (χ1n) is 13.4. The maximum absolute atomic E-state index is 13.9. The molecule has 0 bridgehead atoms. The van der Waals surface area contributed by atoms with Gasteiger partial charge in [0.15, 0.2) is 0 Å². The Morgan fingerprint density at radius 3 is 2.11 bits per heavy atom. The zero-order chi connectivity index (χ0) is 25.4. The van der Waals surface area contributed by atoms with E-state index in [0.29, 0.717) is 39.1 Å². The van der Waals surface area contributed by atoms with Crippen molar-refractivity contribution in [1.29, 1.82) is 0 Å². The highest BCUT2D eigenvalue weighted by Crippen LogP contribution is 2.43. The van der Waals surface area contributed by atoms with Crippen LogP contribution in [-0.2, 0) is 14.8 Å². The quantitative estimate of drug-likeness (QED) is 0.579. The van der Waals surface area contributed by atoms with Gasteiger partial charge in [-0.25, -0.2) is 23.2 Å². The van der Waals surface area contributed by atoms with Crippen LogP contribution in [0.3, 0.4) is 0 Å². The minimum Gasteiger partial charge on any atom is -0.343 e. The fourth-order valence-corrected chi connectivity index (χ4v) is 9.01. The number of rotatable bonds is 6. The van der Waals surface area contributed by atoms with E-state index in [0.717, 1.165) is 51.4 Å². The number of nitrogens with one attached hydrogen (secondary N) is 1. The van der Waals surface area contributed by atoms with E-state index in [2.05, 4.69) is 5.43 Å². The van der Waals surface area contributed by atoms with Gasteiger partial charge in [-0.15, -0.1) is 0 Å². The lowest BCUT2D eigenvalue weighted by molar-refractivity contribution is -0.172. The van der Waals surface area contributed by atoms with Crippen LogP contribution in [0.4, 0.5) is 13.2 Å². The molecule has 1 aliphatic carbocycles. The third kappa shape index (κ3) is 5.52. The second-order valence-corrected chi connectivity index (χ2v) is 13.0. The molecule has 0 spiro atoms. The Morgan fingerprint density at radius 2 is 1.54 bits per heavy atom.